The van der Waals surface area contributed by atoms with Crippen LogP contribution in [0, 0.1) is 23.2 Å². The lowest BCUT2D eigenvalue weighted by molar-refractivity contribution is -0.00862. The highest BCUT2D eigenvalue weighted by Gasteiger charge is 2.28. The van der Waals surface area contributed by atoms with Gasteiger partial charge in [0.1, 0.15) is 0 Å². The van der Waals surface area contributed by atoms with Gasteiger partial charge >= 0.3 is 0 Å². The van der Waals surface area contributed by atoms with E-state index in [1.165, 1.54) is 0 Å². The zero-order valence-electron chi connectivity index (χ0n) is 8.78. The van der Waals surface area contributed by atoms with Crippen LogP contribution in [0.25, 0.3) is 0 Å². The molecule has 1 saturated heterocycles. The summed E-state index contributed by atoms with van der Waals surface area (Å²) in [7, 11) is 0. The Kier molecular flexibility index (Phi) is 4.92. The maximum Gasteiger partial charge on any atom is 0.0728 e. The van der Waals surface area contributed by atoms with E-state index in [9.17, 15) is 5.11 Å². The number of nitriles is 1. The van der Waals surface area contributed by atoms with E-state index in [0.29, 0.717) is 0 Å². The number of aliphatic hydroxyl groups excluding tert-OH is 1. The molecule has 0 amide bonds. The van der Waals surface area contributed by atoms with Crippen molar-refractivity contribution in [1.29, 1.82) is 5.26 Å². The third kappa shape index (κ3) is 2.97. The first-order chi connectivity index (χ1) is 6.79. The fraction of sp³-hybridized carbons (Fsp3) is 0.909. The van der Waals surface area contributed by atoms with Crippen molar-refractivity contribution in [2.45, 2.75) is 38.7 Å². The molecule has 2 atom stereocenters. The van der Waals surface area contributed by atoms with Gasteiger partial charge in [0.05, 0.1) is 18.1 Å². The normalized spacial score (nSPS) is 22.6. The van der Waals surface area contributed by atoms with Crippen molar-refractivity contribution in [3.05, 3.63) is 0 Å². The molecule has 0 aromatic carbocycles. The molecule has 0 spiro atoms. The van der Waals surface area contributed by atoms with Crippen molar-refractivity contribution in [3.63, 3.8) is 0 Å². The van der Waals surface area contributed by atoms with E-state index in [2.05, 4.69) is 6.07 Å². The van der Waals surface area contributed by atoms with Crippen LogP contribution in [0.2, 0.25) is 0 Å². The second kappa shape index (κ2) is 6.00. The quantitative estimate of drug-likeness (QED) is 0.746. The minimum Gasteiger partial charge on any atom is -0.391 e. The lowest BCUT2D eigenvalue weighted by atomic mass is 9.84. The van der Waals surface area contributed by atoms with Gasteiger partial charge in [-0.05, 0) is 25.2 Å². The molecule has 3 heteroatoms. The Bertz CT molecular complexity index is 194. The van der Waals surface area contributed by atoms with Crippen LogP contribution < -0.4 is 0 Å². The average molecular weight is 197 g/mol. The van der Waals surface area contributed by atoms with Crippen LogP contribution in [-0.2, 0) is 4.74 Å². The smallest absolute Gasteiger partial charge is 0.0728 e. The van der Waals surface area contributed by atoms with Crippen LogP contribution in [0.3, 0.4) is 0 Å². The van der Waals surface area contributed by atoms with Crippen LogP contribution in [0.4, 0.5) is 0 Å². The Morgan fingerprint density at radius 2 is 2.14 bits per heavy atom. The highest BCUT2D eigenvalue weighted by atomic mass is 16.5. The molecule has 0 saturated carbocycles. The van der Waals surface area contributed by atoms with Gasteiger partial charge in [-0.3, -0.25) is 0 Å². The Balaban J connectivity index is 2.44. The van der Waals surface area contributed by atoms with Crippen LogP contribution >= 0.6 is 0 Å². The van der Waals surface area contributed by atoms with Crippen LogP contribution in [-0.4, -0.2) is 24.4 Å². The maximum atomic E-state index is 9.99. The van der Waals surface area contributed by atoms with Crippen molar-refractivity contribution in [2.24, 2.45) is 11.8 Å². The number of hydrogen-bond acceptors (Lipinski definition) is 3. The predicted octanol–water partition coefficient (Wildman–Crippen LogP) is 1.71. The highest BCUT2D eigenvalue weighted by Crippen LogP contribution is 2.25. The summed E-state index contributed by atoms with van der Waals surface area (Å²) in [5.74, 6) is 0.0723. The van der Waals surface area contributed by atoms with Crippen molar-refractivity contribution in [2.75, 3.05) is 13.2 Å². The summed E-state index contributed by atoms with van der Waals surface area (Å²) in [6.07, 6.45) is 3.09. The lowest BCUT2D eigenvalue weighted by Crippen LogP contribution is -2.32. The van der Waals surface area contributed by atoms with Gasteiger partial charge in [-0.15, -0.1) is 0 Å². The molecule has 0 aromatic rings. The first kappa shape index (κ1) is 11.5. The third-order valence-electron chi connectivity index (χ3n) is 2.93. The van der Waals surface area contributed by atoms with E-state index in [0.717, 1.165) is 38.9 Å². The molecule has 14 heavy (non-hydrogen) atoms. The predicted molar refractivity (Wildman–Crippen MR) is 53.6 cm³/mol. The van der Waals surface area contributed by atoms with Gasteiger partial charge in [0.15, 0.2) is 0 Å². The molecule has 0 bridgehead atoms. The Hall–Kier alpha value is -0.590. The van der Waals surface area contributed by atoms with E-state index in [4.69, 9.17) is 10.00 Å². The van der Waals surface area contributed by atoms with Gasteiger partial charge in [-0.1, -0.05) is 13.3 Å². The summed E-state index contributed by atoms with van der Waals surface area (Å²) in [6.45, 7) is 3.50. The molecule has 0 aliphatic carbocycles. The molecule has 1 aliphatic rings. The Morgan fingerprint density at radius 1 is 1.50 bits per heavy atom. The minimum absolute atomic E-state index is 0.192. The average Bonchev–Trinajstić information content (AvgIpc) is 2.26. The summed E-state index contributed by atoms with van der Waals surface area (Å²) in [6, 6.07) is 2.21. The standard InChI is InChI=1S/C11H19NO2/c1-2-3-10(8-12)11(13)9-4-6-14-7-5-9/h9-11,13H,2-7H2,1H3. The van der Waals surface area contributed by atoms with E-state index in [-0.39, 0.29) is 11.8 Å². The van der Waals surface area contributed by atoms with Crippen molar-refractivity contribution < 1.29 is 9.84 Å². The second-order valence-electron chi connectivity index (χ2n) is 3.96. The second-order valence-corrected chi connectivity index (χ2v) is 3.96. The first-order valence-electron chi connectivity index (χ1n) is 5.45. The van der Waals surface area contributed by atoms with Gasteiger partial charge < -0.3 is 9.84 Å². The summed E-state index contributed by atoms with van der Waals surface area (Å²) >= 11 is 0. The van der Waals surface area contributed by atoms with E-state index < -0.39 is 6.10 Å². The van der Waals surface area contributed by atoms with Crippen molar-refractivity contribution >= 4 is 0 Å². The zero-order chi connectivity index (χ0) is 10.4. The lowest BCUT2D eigenvalue weighted by Gasteiger charge is -2.29. The fourth-order valence-corrected chi connectivity index (χ4v) is 2.01. The summed E-state index contributed by atoms with van der Waals surface area (Å²) in [4.78, 5) is 0. The molecule has 80 valence electrons. The Morgan fingerprint density at radius 3 is 2.64 bits per heavy atom. The van der Waals surface area contributed by atoms with Gasteiger partial charge in [-0.25, -0.2) is 0 Å². The number of hydrogen-bond donors (Lipinski definition) is 1. The third-order valence-corrected chi connectivity index (χ3v) is 2.93. The van der Waals surface area contributed by atoms with Gasteiger partial charge in [0.2, 0.25) is 0 Å². The molecule has 1 fully saturated rings. The molecule has 1 heterocycles. The fourth-order valence-electron chi connectivity index (χ4n) is 2.01. The molecule has 0 radical (unpaired) electrons. The minimum atomic E-state index is -0.455. The van der Waals surface area contributed by atoms with E-state index >= 15 is 0 Å². The van der Waals surface area contributed by atoms with Crippen molar-refractivity contribution in [1.82, 2.24) is 0 Å². The molecule has 1 rings (SSSR count). The van der Waals surface area contributed by atoms with Crippen LogP contribution in [0.15, 0.2) is 0 Å². The highest BCUT2D eigenvalue weighted by molar-refractivity contribution is 4.91. The first-order valence-corrected chi connectivity index (χ1v) is 5.45. The molecular weight excluding hydrogens is 178 g/mol. The maximum absolute atomic E-state index is 9.99. The largest absolute Gasteiger partial charge is 0.391 e. The number of rotatable bonds is 4. The van der Waals surface area contributed by atoms with E-state index in [1.807, 2.05) is 6.92 Å². The summed E-state index contributed by atoms with van der Waals surface area (Å²) in [5.41, 5.74) is 0. The molecule has 3 nitrogen and oxygen atoms in total. The number of nitrogens with zero attached hydrogens (tertiary/aromatic N) is 1. The van der Waals surface area contributed by atoms with Crippen molar-refractivity contribution in [3.8, 4) is 6.07 Å². The van der Waals surface area contributed by atoms with Gasteiger partial charge in [0.25, 0.3) is 0 Å². The molecular formula is C11H19NO2. The molecule has 1 aliphatic heterocycles. The zero-order valence-corrected chi connectivity index (χ0v) is 8.78. The molecule has 1 N–H and O–H groups in total. The monoisotopic (exact) mass is 197 g/mol. The van der Waals surface area contributed by atoms with Crippen LogP contribution in [0.5, 0.6) is 0 Å². The molecule has 0 aromatic heterocycles. The van der Waals surface area contributed by atoms with Gasteiger partial charge in [-0.2, -0.15) is 5.26 Å². The number of aliphatic hydroxyl groups is 1. The van der Waals surface area contributed by atoms with Gasteiger partial charge in [0, 0.05) is 13.2 Å². The van der Waals surface area contributed by atoms with Crippen LogP contribution in [0.1, 0.15) is 32.6 Å². The van der Waals surface area contributed by atoms with E-state index in [1.54, 1.807) is 0 Å². The topological polar surface area (TPSA) is 53.2 Å². The molecule has 2 unspecified atom stereocenters. The SMILES string of the molecule is CCCC(C#N)C(O)C1CCOCC1. The summed E-state index contributed by atoms with van der Waals surface area (Å²) in [5, 5.41) is 18.9. The Labute approximate surface area is 85.7 Å². The summed E-state index contributed by atoms with van der Waals surface area (Å²) < 4.78 is 5.23. The number of ether oxygens (including phenoxy) is 1.